The molecule has 3 N–H and O–H groups in total. The number of aliphatic hydroxyl groups excluding tert-OH is 2. The molecule has 1 heterocycles. The number of hydrogen-bond donors (Lipinski definition) is 3. The lowest BCUT2D eigenvalue weighted by Crippen LogP contribution is -2.63. The Kier molecular flexibility index (Phi) is 42.7. The molecule has 1 saturated heterocycles. The van der Waals surface area contributed by atoms with Gasteiger partial charge in [0.15, 0.2) is 0 Å². The molecule has 0 amide bonds. The summed E-state index contributed by atoms with van der Waals surface area (Å²) in [5, 5.41) is 33.4. The first-order valence-corrected chi connectivity index (χ1v) is 29.8. The summed E-state index contributed by atoms with van der Waals surface area (Å²) < 4.78 is 17.1. The van der Waals surface area contributed by atoms with Crippen LogP contribution in [0.2, 0.25) is 0 Å². The van der Waals surface area contributed by atoms with Crippen LogP contribution >= 0.6 is 0 Å². The first-order valence-electron chi connectivity index (χ1n) is 29.8. The zero-order valence-electron chi connectivity index (χ0n) is 45.1. The Balaban J connectivity index is 3.00. The van der Waals surface area contributed by atoms with Crippen molar-refractivity contribution in [3.05, 3.63) is 0 Å². The van der Waals surface area contributed by atoms with Gasteiger partial charge < -0.3 is 29.5 Å². The molecule has 4 unspecified atom stereocenters. The molecule has 9 nitrogen and oxygen atoms in total. The number of unbranched alkanes of at least 4 members (excludes halogenated alkanes) is 41. The summed E-state index contributed by atoms with van der Waals surface area (Å²) in [6.45, 7) is 5.06. The lowest BCUT2D eigenvalue weighted by molar-refractivity contribution is -0.225. The minimum atomic E-state index is -2.12. The van der Waals surface area contributed by atoms with Gasteiger partial charge in [-0.3, -0.25) is 0 Å². The molecule has 402 valence electrons. The average molecular weight is 966 g/mol. The van der Waals surface area contributed by atoms with Crippen molar-refractivity contribution in [1.82, 2.24) is 0 Å². The number of ether oxygens (including phenoxy) is 3. The summed E-state index contributed by atoms with van der Waals surface area (Å²) in [5.74, 6) is -3.22. The van der Waals surface area contributed by atoms with Gasteiger partial charge in [-0.1, -0.05) is 297 Å². The standard InChI is InChI=1S/C59H112O9/c1-4-7-10-13-16-19-22-25-28-29-31-34-37-40-43-46-49-58(65,48-45-42-39-36-33-30-26-23-20-17-14-11-8-5-2)59(50-47-44-41-38-35-32-27-24-21-18-15-12-9-6-3)57(64)67-53(51-60)55(62)66-54(52-61)56(63)68-59/h53-54,60-61,65H,4-52H2,1-3H3. The third-order valence-electron chi connectivity index (χ3n) is 15.0. The van der Waals surface area contributed by atoms with Gasteiger partial charge in [0, 0.05) is 6.42 Å². The number of hydrogen-bond acceptors (Lipinski definition) is 9. The Bertz CT molecular complexity index is 1160. The summed E-state index contributed by atoms with van der Waals surface area (Å²) in [5.41, 5.74) is -3.90. The van der Waals surface area contributed by atoms with E-state index in [1.807, 2.05) is 0 Å². The third kappa shape index (κ3) is 30.9. The van der Waals surface area contributed by atoms with Crippen LogP contribution in [-0.4, -0.2) is 69.9 Å². The highest BCUT2D eigenvalue weighted by Gasteiger charge is 2.61. The molecule has 0 aromatic carbocycles. The maximum Gasteiger partial charge on any atom is 0.354 e. The molecule has 0 radical (unpaired) electrons. The fraction of sp³-hybridized carbons (Fsp3) is 0.949. The summed E-state index contributed by atoms with van der Waals surface area (Å²) in [6.07, 6.45) is 49.4. The van der Waals surface area contributed by atoms with Gasteiger partial charge in [0.2, 0.25) is 17.8 Å². The normalized spacial score (nSPS) is 18.7. The number of cyclic esters (lactones) is 3. The van der Waals surface area contributed by atoms with Crippen LogP contribution in [0, 0.1) is 0 Å². The van der Waals surface area contributed by atoms with Crippen molar-refractivity contribution in [2.75, 3.05) is 13.2 Å². The number of aliphatic hydroxyl groups is 3. The van der Waals surface area contributed by atoms with E-state index in [4.69, 9.17) is 14.2 Å². The summed E-state index contributed by atoms with van der Waals surface area (Å²) in [7, 11) is 0. The van der Waals surface area contributed by atoms with Crippen LogP contribution in [0.15, 0.2) is 0 Å². The van der Waals surface area contributed by atoms with Crippen molar-refractivity contribution < 1.29 is 43.9 Å². The molecule has 4 atom stereocenters. The second-order valence-electron chi connectivity index (χ2n) is 21.2. The Hall–Kier alpha value is -1.71. The van der Waals surface area contributed by atoms with Crippen molar-refractivity contribution in [3.8, 4) is 0 Å². The van der Waals surface area contributed by atoms with Gasteiger partial charge in [-0.15, -0.1) is 0 Å². The van der Waals surface area contributed by atoms with E-state index < -0.39 is 54.5 Å². The molecule has 1 aliphatic heterocycles. The highest BCUT2D eigenvalue weighted by Crippen LogP contribution is 2.42. The zero-order chi connectivity index (χ0) is 49.7. The lowest BCUT2D eigenvalue weighted by Gasteiger charge is -2.45. The molecule has 9 heteroatoms. The van der Waals surface area contributed by atoms with E-state index in [0.717, 1.165) is 64.2 Å². The zero-order valence-corrected chi connectivity index (χ0v) is 45.1. The van der Waals surface area contributed by atoms with Crippen LogP contribution in [-0.2, 0) is 28.6 Å². The Labute approximate surface area is 419 Å². The van der Waals surface area contributed by atoms with Gasteiger partial charge in [-0.2, -0.15) is 0 Å². The molecular formula is C59H112O9. The van der Waals surface area contributed by atoms with Crippen molar-refractivity contribution in [3.63, 3.8) is 0 Å². The molecule has 0 bridgehead atoms. The second-order valence-corrected chi connectivity index (χ2v) is 21.2. The van der Waals surface area contributed by atoms with Crippen LogP contribution in [0.3, 0.4) is 0 Å². The molecule has 1 rings (SSSR count). The van der Waals surface area contributed by atoms with E-state index in [1.165, 1.54) is 199 Å². The van der Waals surface area contributed by atoms with E-state index in [1.54, 1.807) is 0 Å². The van der Waals surface area contributed by atoms with Gasteiger partial charge in [-0.05, 0) is 19.3 Å². The van der Waals surface area contributed by atoms with Crippen LogP contribution in [0.1, 0.15) is 323 Å². The van der Waals surface area contributed by atoms with Crippen LogP contribution in [0.5, 0.6) is 0 Å². The molecular weight excluding hydrogens is 853 g/mol. The Morgan fingerprint density at radius 3 is 0.897 bits per heavy atom. The average Bonchev–Trinajstić information content (AvgIpc) is 3.37. The maximum atomic E-state index is 14.6. The predicted octanol–water partition coefficient (Wildman–Crippen LogP) is 16.2. The molecule has 1 fully saturated rings. The van der Waals surface area contributed by atoms with E-state index in [-0.39, 0.29) is 19.3 Å². The van der Waals surface area contributed by atoms with Crippen LogP contribution in [0.25, 0.3) is 0 Å². The highest BCUT2D eigenvalue weighted by atomic mass is 16.7. The SMILES string of the molecule is CCCCCCCCCCCCCCCCCCC(O)(CCCCCCCCCCCCCCCC)C1(CCCCCCCCCCCCCCCC)OC(=O)C(CO)OC(=O)C(CO)OC1=O. The number of rotatable bonds is 50. The first kappa shape index (κ1) is 64.3. The van der Waals surface area contributed by atoms with E-state index in [0.29, 0.717) is 19.3 Å². The van der Waals surface area contributed by atoms with E-state index in [9.17, 15) is 29.7 Å². The Morgan fingerprint density at radius 1 is 0.368 bits per heavy atom. The minimum absolute atomic E-state index is 0.0219. The smallest absolute Gasteiger partial charge is 0.354 e. The monoisotopic (exact) mass is 965 g/mol. The van der Waals surface area contributed by atoms with Gasteiger partial charge >= 0.3 is 17.9 Å². The topological polar surface area (TPSA) is 140 Å². The summed E-state index contributed by atoms with van der Waals surface area (Å²) >= 11 is 0. The van der Waals surface area contributed by atoms with Gasteiger partial charge in [0.25, 0.3) is 0 Å². The fourth-order valence-corrected chi connectivity index (χ4v) is 10.4. The fourth-order valence-electron chi connectivity index (χ4n) is 10.4. The minimum Gasteiger partial charge on any atom is -0.445 e. The summed E-state index contributed by atoms with van der Waals surface area (Å²) in [4.78, 5) is 41.4. The van der Waals surface area contributed by atoms with E-state index >= 15 is 0 Å². The quantitative estimate of drug-likeness (QED) is 0.0309. The predicted molar refractivity (Wildman–Crippen MR) is 282 cm³/mol. The first-order chi connectivity index (χ1) is 33.2. The third-order valence-corrected chi connectivity index (χ3v) is 15.0. The van der Waals surface area contributed by atoms with Crippen LogP contribution in [0.4, 0.5) is 0 Å². The number of carbonyl (C=O) groups is 3. The molecule has 0 aromatic rings. The number of esters is 3. The molecule has 0 saturated carbocycles. The molecule has 0 aromatic heterocycles. The van der Waals surface area contributed by atoms with Gasteiger partial charge in [-0.25, -0.2) is 14.4 Å². The van der Waals surface area contributed by atoms with Crippen molar-refractivity contribution in [2.24, 2.45) is 0 Å². The van der Waals surface area contributed by atoms with Crippen molar-refractivity contribution >= 4 is 17.9 Å². The molecule has 0 spiro atoms. The molecule has 1 aliphatic rings. The molecule has 0 aliphatic carbocycles. The van der Waals surface area contributed by atoms with Crippen molar-refractivity contribution in [2.45, 2.75) is 346 Å². The van der Waals surface area contributed by atoms with Gasteiger partial charge in [0.1, 0.15) is 5.60 Å². The maximum absolute atomic E-state index is 14.6. The largest absolute Gasteiger partial charge is 0.445 e. The molecule has 68 heavy (non-hydrogen) atoms. The van der Waals surface area contributed by atoms with Gasteiger partial charge in [0.05, 0.1) is 13.2 Å². The van der Waals surface area contributed by atoms with Crippen LogP contribution < -0.4 is 0 Å². The van der Waals surface area contributed by atoms with Crippen molar-refractivity contribution in [1.29, 1.82) is 0 Å². The van der Waals surface area contributed by atoms with E-state index in [2.05, 4.69) is 20.8 Å². The summed E-state index contributed by atoms with van der Waals surface area (Å²) in [6, 6.07) is 0. The second kappa shape index (κ2) is 45.2. The lowest BCUT2D eigenvalue weighted by atomic mass is 9.72. The highest BCUT2D eigenvalue weighted by molar-refractivity contribution is 5.91. The Morgan fingerprint density at radius 2 is 0.618 bits per heavy atom. The number of carbonyl (C=O) groups excluding carboxylic acids is 3.